The third kappa shape index (κ3) is 3.90. The molecule has 0 amide bonds. The summed E-state index contributed by atoms with van der Waals surface area (Å²) < 4.78 is 0. The van der Waals surface area contributed by atoms with Crippen LogP contribution in [0.5, 0.6) is 0 Å². The Morgan fingerprint density at radius 1 is 1.29 bits per heavy atom. The van der Waals surface area contributed by atoms with Gasteiger partial charge in [-0.25, -0.2) is 0 Å². The van der Waals surface area contributed by atoms with Crippen LogP contribution in [0.1, 0.15) is 32.8 Å². The Morgan fingerprint density at radius 3 is 2.47 bits per heavy atom. The van der Waals surface area contributed by atoms with E-state index in [1.807, 2.05) is 18.2 Å². The second-order valence-electron chi connectivity index (χ2n) is 5.02. The standard InChI is InChI=1S/C14H22ClNO/c1-10(2)7-11(3)16(4)14-8-13(15)6-5-12(14)9-17/h5-6,8,10-11,17H,7,9H2,1-4H3. The van der Waals surface area contributed by atoms with Crippen LogP contribution in [0.3, 0.4) is 0 Å². The van der Waals surface area contributed by atoms with Crippen molar-refractivity contribution in [3.8, 4) is 0 Å². The Morgan fingerprint density at radius 2 is 1.94 bits per heavy atom. The van der Waals surface area contributed by atoms with Gasteiger partial charge in [-0.15, -0.1) is 0 Å². The van der Waals surface area contributed by atoms with Gasteiger partial charge in [-0.1, -0.05) is 31.5 Å². The van der Waals surface area contributed by atoms with Gasteiger partial charge in [0.1, 0.15) is 0 Å². The van der Waals surface area contributed by atoms with Gasteiger partial charge in [-0.2, -0.15) is 0 Å². The molecule has 0 aromatic heterocycles. The van der Waals surface area contributed by atoms with E-state index >= 15 is 0 Å². The van der Waals surface area contributed by atoms with Gasteiger partial charge in [-0.05, 0) is 31.4 Å². The van der Waals surface area contributed by atoms with E-state index in [-0.39, 0.29) is 6.61 Å². The molecule has 2 nitrogen and oxygen atoms in total. The van der Waals surface area contributed by atoms with E-state index in [1.165, 1.54) is 0 Å². The first-order chi connectivity index (χ1) is 7.95. The van der Waals surface area contributed by atoms with Crippen LogP contribution >= 0.6 is 11.6 Å². The molecule has 0 spiro atoms. The minimum atomic E-state index is 0.0469. The third-order valence-electron chi connectivity index (χ3n) is 3.07. The number of hydrogen-bond acceptors (Lipinski definition) is 2. The van der Waals surface area contributed by atoms with E-state index in [1.54, 1.807) is 0 Å². The minimum absolute atomic E-state index is 0.0469. The first kappa shape index (κ1) is 14.3. The van der Waals surface area contributed by atoms with Crippen LogP contribution in [0.2, 0.25) is 5.02 Å². The molecule has 0 fully saturated rings. The SMILES string of the molecule is CC(C)CC(C)N(C)c1cc(Cl)ccc1CO. The number of anilines is 1. The number of nitrogens with zero attached hydrogens (tertiary/aromatic N) is 1. The van der Waals surface area contributed by atoms with Gasteiger partial charge in [0.15, 0.2) is 0 Å². The molecule has 1 aromatic carbocycles. The summed E-state index contributed by atoms with van der Waals surface area (Å²) in [5.74, 6) is 0.657. The van der Waals surface area contributed by atoms with Gasteiger partial charge in [0, 0.05) is 29.4 Å². The van der Waals surface area contributed by atoms with E-state index in [9.17, 15) is 5.11 Å². The lowest BCUT2D eigenvalue weighted by molar-refractivity contribution is 0.282. The molecule has 1 unspecified atom stereocenters. The van der Waals surface area contributed by atoms with Crippen molar-refractivity contribution in [3.63, 3.8) is 0 Å². The van der Waals surface area contributed by atoms with E-state index in [2.05, 4.69) is 32.7 Å². The summed E-state index contributed by atoms with van der Waals surface area (Å²) in [5.41, 5.74) is 1.95. The maximum atomic E-state index is 9.35. The second kappa shape index (κ2) is 6.27. The predicted molar refractivity (Wildman–Crippen MR) is 74.7 cm³/mol. The van der Waals surface area contributed by atoms with Crippen LogP contribution in [0.15, 0.2) is 18.2 Å². The highest BCUT2D eigenvalue weighted by molar-refractivity contribution is 6.30. The molecule has 0 aliphatic heterocycles. The van der Waals surface area contributed by atoms with Gasteiger partial charge in [0.05, 0.1) is 6.61 Å². The second-order valence-corrected chi connectivity index (χ2v) is 5.46. The molecule has 1 atom stereocenters. The fourth-order valence-electron chi connectivity index (χ4n) is 2.08. The van der Waals surface area contributed by atoms with Gasteiger partial charge in [-0.3, -0.25) is 0 Å². The third-order valence-corrected chi connectivity index (χ3v) is 3.31. The number of rotatable bonds is 5. The fourth-order valence-corrected chi connectivity index (χ4v) is 2.24. The summed E-state index contributed by atoms with van der Waals surface area (Å²) in [6.45, 7) is 6.68. The van der Waals surface area contributed by atoms with Crippen molar-refractivity contribution in [1.82, 2.24) is 0 Å². The quantitative estimate of drug-likeness (QED) is 0.867. The molecule has 17 heavy (non-hydrogen) atoms. The van der Waals surface area contributed by atoms with Crippen LogP contribution in [0.4, 0.5) is 5.69 Å². The molecule has 96 valence electrons. The molecule has 0 heterocycles. The number of aliphatic hydroxyl groups excluding tert-OH is 1. The van der Waals surface area contributed by atoms with Crippen LogP contribution in [0.25, 0.3) is 0 Å². The zero-order chi connectivity index (χ0) is 13.0. The molecule has 3 heteroatoms. The summed E-state index contributed by atoms with van der Waals surface area (Å²) >= 11 is 6.02. The highest BCUT2D eigenvalue weighted by atomic mass is 35.5. The number of benzene rings is 1. The smallest absolute Gasteiger partial charge is 0.0702 e. The number of halogens is 1. The fraction of sp³-hybridized carbons (Fsp3) is 0.571. The van der Waals surface area contributed by atoms with E-state index in [0.29, 0.717) is 17.0 Å². The molecule has 0 bridgehead atoms. The topological polar surface area (TPSA) is 23.5 Å². The van der Waals surface area contributed by atoms with Crippen molar-refractivity contribution in [2.24, 2.45) is 5.92 Å². The monoisotopic (exact) mass is 255 g/mol. The van der Waals surface area contributed by atoms with Gasteiger partial charge >= 0.3 is 0 Å². The normalized spacial score (nSPS) is 12.9. The van der Waals surface area contributed by atoms with Crippen molar-refractivity contribution >= 4 is 17.3 Å². The lowest BCUT2D eigenvalue weighted by atomic mass is 10.0. The molecule has 0 saturated carbocycles. The van der Waals surface area contributed by atoms with E-state index in [0.717, 1.165) is 17.7 Å². The first-order valence-corrected chi connectivity index (χ1v) is 6.45. The largest absolute Gasteiger partial charge is 0.392 e. The maximum Gasteiger partial charge on any atom is 0.0702 e. The molecule has 0 radical (unpaired) electrons. The highest BCUT2D eigenvalue weighted by Crippen LogP contribution is 2.27. The van der Waals surface area contributed by atoms with Crippen LogP contribution < -0.4 is 4.90 Å². The van der Waals surface area contributed by atoms with Crippen molar-refractivity contribution in [2.75, 3.05) is 11.9 Å². The molecular formula is C14H22ClNO. The molecule has 0 aliphatic carbocycles. The summed E-state index contributed by atoms with van der Waals surface area (Å²) in [7, 11) is 2.05. The van der Waals surface area contributed by atoms with Crippen molar-refractivity contribution in [1.29, 1.82) is 0 Å². The molecule has 0 aliphatic rings. The zero-order valence-electron chi connectivity index (χ0n) is 11.1. The maximum absolute atomic E-state index is 9.35. The Kier molecular flexibility index (Phi) is 5.29. The number of aliphatic hydroxyl groups is 1. The Labute approximate surface area is 109 Å². The number of hydrogen-bond donors (Lipinski definition) is 1. The van der Waals surface area contributed by atoms with E-state index in [4.69, 9.17) is 11.6 Å². The summed E-state index contributed by atoms with van der Waals surface area (Å²) in [5, 5.41) is 10.1. The summed E-state index contributed by atoms with van der Waals surface area (Å²) in [6, 6.07) is 6.05. The van der Waals surface area contributed by atoms with Crippen LogP contribution in [-0.4, -0.2) is 18.2 Å². The summed E-state index contributed by atoms with van der Waals surface area (Å²) in [4.78, 5) is 2.19. The van der Waals surface area contributed by atoms with Gasteiger partial charge in [0.25, 0.3) is 0 Å². The lowest BCUT2D eigenvalue weighted by Gasteiger charge is -2.30. The average molecular weight is 256 g/mol. The molecule has 1 aromatic rings. The van der Waals surface area contributed by atoms with Gasteiger partial charge in [0.2, 0.25) is 0 Å². The van der Waals surface area contributed by atoms with Crippen molar-refractivity contribution in [3.05, 3.63) is 28.8 Å². The summed E-state index contributed by atoms with van der Waals surface area (Å²) in [6.07, 6.45) is 1.12. The predicted octanol–water partition coefficient (Wildman–Crippen LogP) is 3.70. The molecule has 1 N–H and O–H groups in total. The Hall–Kier alpha value is -0.730. The first-order valence-electron chi connectivity index (χ1n) is 6.07. The van der Waals surface area contributed by atoms with E-state index < -0.39 is 0 Å². The van der Waals surface area contributed by atoms with Crippen LogP contribution in [0, 0.1) is 5.92 Å². The Balaban J connectivity index is 2.93. The molecule has 1 rings (SSSR count). The van der Waals surface area contributed by atoms with Crippen molar-refractivity contribution < 1.29 is 5.11 Å². The van der Waals surface area contributed by atoms with Crippen molar-refractivity contribution in [2.45, 2.75) is 39.8 Å². The zero-order valence-corrected chi connectivity index (χ0v) is 11.8. The molecule has 0 saturated heterocycles. The highest BCUT2D eigenvalue weighted by Gasteiger charge is 2.14. The average Bonchev–Trinajstić information content (AvgIpc) is 2.27. The van der Waals surface area contributed by atoms with Crippen LogP contribution in [-0.2, 0) is 6.61 Å². The lowest BCUT2D eigenvalue weighted by Crippen LogP contribution is -2.30. The minimum Gasteiger partial charge on any atom is -0.392 e. The molecular weight excluding hydrogens is 234 g/mol. The van der Waals surface area contributed by atoms with Gasteiger partial charge < -0.3 is 10.0 Å². The Bertz CT molecular complexity index is 365.